The average Bonchev–Trinajstić information content (AvgIpc) is 1.38. The van der Waals surface area contributed by atoms with Crippen LogP contribution in [0.25, 0.3) is 0 Å². The quantitative estimate of drug-likeness (QED) is 0.584. The van der Waals surface area contributed by atoms with Crippen LogP contribution in [0.3, 0.4) is 0 Å². The molecule has 0 aromatic heterocycles. The molecule has 0 fully saturated rings. The first kappa shape index (κ1) is 9.99. The van der Waals surface area contributed by atoms with Gasteiger partial charge in [-0.1, -0.05) is 0 Å². The van der Waals surface area contributed by atoms with E-state index in [-0.39, 0.29) is 27.3 Å². The topological polar surface area (TPSA) is 3.24 Å². The van der Waals surface area contributed by atoms with Gasteiger partial charge in [0.15, 0.2) is 0 Å². The summed E-state index contributed by atoms with van der Waals surface area (Å²) in [6, 6.07) is 0. The Morgan fingerprint density at radius 2 is 1.67 bits per heavy atom. The van der Waals surface area contributed by atoms with Crippen molar-refractivity contribution in [3.05, 3.63) is 6.92 Å². The van der Waals surface area contributed by atoms with Crippen LogP contribution >= 0.6 is 0 Å². The molecule has 0 aliphatic heterocycles. The van der Waals surface area contributed by atoms with Gasteiger partial charge in [0.05, 0.1) is 0 Å². The molecule has 0 unspecified atom stereocenters. The first-order valence-corrected chi connectivity index (χ1v) is 1.71. The van der Waals surface area contributed by atoms with Crippen molar-refractivity contribution in [2.24, 2.45) is 0 Å². The summed E-state index contributed by atoms with van der Waals surface area (Å²) in [7, 11) is 3.99. The second kappa shape index (κ2) is 5.88. The van der Waals surface area contributed by atoms with Crippen molar-refractivity contribution < 1.29 is 0 Å². The zero-order valence-corrected chi connectivity index (χ0v) is 10.1. The molecule has 0 bridgehead atoms. The fourth-order valence-corrected chi connectivity index (χ4v) is 0. The van der Waals surface area contributed by atoms with Crippen LogP contribution in [0, 0.1) is 6.92 Å². The first-order valence-electron chi connectivity index (χ1n) is 1.71. The first-order chi connectivity index (χ1) is 2.27. The predicted octanol–water partition coefficient (Wildman–Crippen LogP) is -0.534. The fraction of sp³-hybridized carbons (Fsp3) is 0.750. The van der Waals surface area contributed by atoms with Crippen LogP contribution in [0.1, 0.15) is 0 Å². The van der Waals surface area contributed by atoms with Crippen molar-refractivity contribution in [1.29, 1.82) is 0 Å². The molecule has 0 saturated heterocycles. The van der Waals surface area contributed by atoms with Crippen molar-refractivity contribution in [2.75, 3.05) is 20.6 Å². The minimum atomic E-state index is 0. The number of nitrogens with zero attached hydrogens (tertiary/aromatic N) is 1. The van der Waals surface area contributed by atoms with E-state index in [0.29, 0.717) is 0 Å². The molecule has 0 atom stereocenters. The molecular formula is C4H12NPb. The van der Waals surface area contributed by atoms with Gasteiger partial charge in [-0.3, -0.25) is 0 Å². The van der Waals surface area contributed by atoms with Crippen molar-refractivity contribution in [2.45, 2.75) is 0 Å². The van der Waals surface area contributed by atoms with Crippen LogP contribution < -0.4 is 0 Å². The van der Waals surface area contributed by atoms with Crippen molar-refractivity contribution in [1.82, 2.24) is 4.90 Å². The van der Waals surface area contributed by atoms with E-state index in [0.717, 1.165) is 6.54 Å². The average molecular weight is 281 g/mol. The van der Waals surface area contributed by atoms with Crippen LogP contribution in [-0.4, -0.2) is 52.8 Å². The molecule has 0 aliphatic carbocycles. The van der Waals surface area contributed by atoms with Crippen LogP contribution in [0.2, 0.25) is 0 Å². The predicted molar refractivity (Wildman–Crippen MR) is 32.5 cm³/mol. The zero-order chi connectivity index (χ0) is 4.28. The summed E-state index contributed by atoms with van der Waals surface area (Å²) in [6.07, 6.45) is 0. The van der Waals surface area contributed by atoms with E-state index in [2.05, 4.69) is 6.92 Å². The summed E-state index contributed by atoms with van der Waals surface area (Å²) in [5, 5.41) is 0. The Balaban J connectivity index is 0. The van der Waals surface area contributed by atoms with E-state index in [4.69, 9.17) is 0 Å². The van der Waals surface area contributed by atoms with E-state index in [9.17, 15) is 0 Å². The normalized spacial score (nSPS) is 8.00. The van der Waals surface area contributed by atoms with Crippen LogP contribution in [0.5, 0.6) is 0 Å². The monoisotopic (exact) mass is 282 g/mol. The Morgan fingerprint density at radius 1 is 1.50 bits per heavy atom. The molecule has 6 heavy (non-hydrogen) atoms. The van der Waals surface area contributed by atoms with Gasteiger partial charge in [0.2, 0.25) is 0 Å². The van der Waals surface area contributed by atoms with Gasteiger partial charge in [-0.2, -0.15) is 0 Å². The molecule has 1 nitrogen and oxygen atoms in total. The minimum absolute atomic E-state index is 0. The second-order valence-electron chi connectivity index (χ2n) is 1.30. The van der Waals surface area contributed by atoms with Crippen LogP contribution in [-0.2, 0) is 0 Å². The molecular weight excluding hydrogens is 269 g/mol. The molecule has 0 amide bonds. The molecule has 3 radical (unpaired) electrons. The molecule has 0 saturated carbocycles. The fourth-order valence-electron chi connectivity index (χ4n) is 0. The maximum atomic E-state index is 3.61. The molecule has 0 rings (SSSR count). The van der Waals surface area contributed by atoms with E-state index in [1.54, 1.807) is 0 Å². The summed E-state index contributed by atoms with van der Waals surface area (Å²) in [5.74, 6) is 0. The van der Waals surface area contributed by atoms with Gasteiger partial charge in [0.1, 0.15) is 0 Å². The van der Waals surface area contributed by atoms with Gasteiger partial charge < -0.3 is 4.90 Å². The van der Waals surface area contributed by atoms with Crippen molar-refractivity contribution >= 4 is 27.3 Å². The molecule has 0 aromatic rings. The van der Waals surface area contributed by atoms with E-state index >= 15 is 0 Å². The standard InChI is InChI=1S/C4H10N.Pb.2H/c1-4-5(2)3;;;/h1,4H2,2-3H3;;;. The van der Waals surface area contributed by atoms with E-state index in [1.807, 2.05) is 19.0 Å². The molecule has 37 valence electrons. The van der Waals surface area contributed by atoms with Gasteiger partial charge in [-0.05, 0) is 27.6 Å². The SMILES string of the molecule is [CH2]CN(C)C.[PbH2]. The third-order valence-corrected chi connectivity index (χ3v) is 0.447. The molecule has 0 heterocycles. The van der Waals surface area contributed by atoms with Gasteiger partial charge in [0, 0.05) is 0 Å². The summed E-state index contributed by atoms with van der Waals surface area (Å²) >= 11 is 0. The Morgan fingerprint density at radius 3 is 1.67 bits per heavy atom. The van der Waals surface area contributed by atoms with Crippen molar-refractivity contribution in [3.63, 3.8) is 0 Å². The van der Waals surface area contributed by atoms with E-state index in [1.165, 1.54) is 0 Å². The molecule has 0 N–H and O–H groups in total. The van der Waals surface area contributed by atoms with E-state index < -0.39 is 0 Å². The molecule has 2 heteroatoms. The molecule has 0 aromatic carbocycles. The second-order valence-corrected chi connectivity index (χ2v) is 1.30. The number of hydrogen-bond acceptors (Lipinski definition) is 1. The van der Waals surface area contributed by atoms with Gasteiger partial charge in [-0.15, -0.1) is 0 Å². The zero-order valence-electron chi connectivity index (χ0n) is 4.57. The third kappa shape index (κ3) is 8.86. The van der Waals surface area contributed by atoms with Crippen LogP contribution in [0.15, 0.2) is 0 Å². The Hall–Kier alpha value is 0.882. The molecule has 0 aliphatic rings. The van der Waals surface area contributed by atoms with Gasteiger partial charge in [-0.25, -0.2) is 0 Å². The number of hydrogen-bond donors (Lipinski definition) is 0. The Bertz CT molecular complexity index is 21.5. The van der Waals surface area contributed by atoms with Gasteiger partial charge >= 0.3 is 27.3 Å². The van der Waals surface area contributed by atoms with Gasteiger partial charge in [0.25, 0.3) is 0 Å². The number of rotatable bonds is 1. The maximum absolute atomic E-state index is 3.61. The summed E-state index contributed by atoms with van der Waals surface area (Å²) in [6.45, 7) is 4.50. The summed E-state index contributed by atoms with van der Waals surface area (Å²) in [5.41, 5.74) is 0. The summed E-state index contributed by atoms with van der Waals surface area (Å²) < 4.78 is 0. The van der Waals surface area contributed by atoms with Crippen LogP contribution in [0.4, 0.5) is 0 Å². The molecule has 0 spiro atoms. The Kier molecular flexibility index (Phi) is 9.79. The van der Waals surface area contributed by atoms with Crippen molar-refractivity contribution in [3.8, 4) is 0 Å². The third-order valence-electron chi connectivity index (χ3n) is 0.447. The summed E-state index contributed by atoms with van der Waals surface area (Å²) in [4.78, 5) is 2.01. The Labute approximate surface area is 59.9 Å².